The molecule has 2 heteroatoms. The molecule has 4 rings (SSSR count). The van der Waals surface area contributed by atoms with Gasteiger partial charge in [-0.05, 0) is 43.5 Å². The number of aryl methyl sites for hydroxylation is 1. The van der Waals surface area contributed by atoms with Crippen LogP contribution in [-0.2, 0) is 0 Å². The van der Waals surface area contributed by atoms with E-state index in [9.17, 15) is 0 Å². The zero-order chi connectivity index (χ0) is 14.9. The van der Waals surface area contributed by atoms with Crippen LogP contribution in [-0.4, -0.2) is 9.78 Å². The number of nitrogens with zero attached hydrogens (tertiary/aromatic N) is 2. The Balaban J connectivity index is 1.91. The highest BCUT2D eigenvalue weighted by Gasteiger charge is 2.22. The minimum absolute atomic E-state index is 0.629. The second-order valence-electron chi connectivity index (χ2n) is 6.49. The highest BCUT2D eigenvalue weighted by molar-refractivity contribution is 5.84. The lowest BCUT2D eigenvalue weighted by molar-refractivity contribution is 0.436. The minimum atomic E-state index is 0.629. The van der Waals surface area contributed by atoms with E-state index in [1.165, 1.54) is 54.3 Å². The van der Waals surface area contributed by atoms with E-state index >= 15 is 0 Å². The van der Waals surface area contributed by atoms with Crippen LogP contribution >= 0.6 is 0 Å². The summed E-state index contributed by atoms with van der Waals surface area (Å²) in [6.45, 7) is 2.15. The SMILES string of the molecule is Cc1ccc2c(C3CCCCC3)nn(-c3ccccc3)c2c1. The van der Waals surface area contributed by atoms with Crippen molar-refractivity contribution in [1.29, 1.82) is 0 Å². The van der Waals surface area contributed by atoms with E-state index in [-0.39, 0.29) is 0 Å². The van der Waals surface area contributed by atoms with Gasteiger partial charge in [0, 0.05) is 11.3 Å². The van der Waals surface area contributed by atoms with Crippen molar-refractivity contribution in [2.24, 2.45) is 0 Å². The molecule has 0 radical (unpaired) electrons. The van der Waals surface area contributed by atoms with Gasteiger partial charge >= 0.3 is 0 Å². The summed E-state index contributed by atoms with van der Waals surface area (Å²) in [6, 6.07) is 17.2. The van der Waals surface area contributed by atoms with Crippen molar-refractivity contribution >= 4 is 10.9 Å². The van der Waals surface area contributed by atoms with Crippen molar-refractivity contribution < 1.29 is 0 Å². The fourth-order valence-corrected chi connectivity index (χ4v) is 3.69. The van der Waals surface area contributed by atoms with Crippen LogP contribution in [0.1, 0.15) is 49.3 Å². The lowest BCUT2D eigenvalue weighted by atomic mass is 9.86. The summed E-state index contributed by atoms with van der Waals surface area (Å²) >= 11 is 0. The lowest BCUT2D eigenvalue weighted by Gasteiger charge is -2.19. The first kappa shape index (κ1) is 13.6. The maximum Gasteiger partial charge on any atom is 0.0746 e. The van der Waals surface area contributed by atoms with Crippen molar-refractivity contribution in [2.45, 2.75) is 44.9 Å². The highest BCUT2D eigenvalue weighted by Crippen LogP contribution is 2.36. The van der Waals surface area contributed by atoms with Gasteiger partial charge in [0.05, 0.1) is 16.9 Å². The third-order valence-electron chi connectivity index (χ3n) is 4.86. The fourth-order valence-electron chi connectivity index (χ4n) is 3.69. The van der Waals surface area contributed by atoms with Gasteiger partial charge in [-0.15, -0.1) is 0 Å². The molecule has 1 fully saturated rings. The van der Waals surface area contributed by atoms with Crippen molar-refractivity contribution in [3.8, 4) is 5.69 Å². The number of hydrogen-bond acceptors (Lipinski definition) is 1. The summed E-state index contributed by atoms with van der Waals surface area (Å²) < 4.78 is 2.13. The molecule has 2 aromatic carbocycles. The van der Waals surface area contributed by atoms with Crippen LogP contribution in [0.3, 0.4) is 0 Å². The molecule has 1 saturated carbocycles. The fraction of sp³-hybridized carbons (Fsp3) is 0.350. The third kappa shape index (κ3) is 2.33. The predicted molar refractivity (Wildman–Crippen MR) is 91.6 cm³/mol. The molecule has 0 unspecified atom stereocenters. The molecule has 112 valence electrons. The number of rotatable bonds is 2. The van der Waals surface area contributed by atoms with Gasteiger partial charge in [-0.25, -0.2) is 4.68 Å². The third-order valence-corrected chi connectivity index (χ3v) is 4.86. The largest absolute Gasteiger partial charge is 0.233 e. The molecule has 22 heavy (non-hydrogen) atoms. The van der Waals surface area contributed by atoms with Gasteiger partial charge in [0.2, 0.25) is 0 Å². The first-order valence-electron chi connectivity index (χ1n) is 8.37. The summed E-state index contributed by atoms with van der Waals surface area (Å²) in [7, 11) is 0. The first-order chi connectivity index (χ1) is 10.8. The van der Waals surface area contributed by atoms with Crippen molar-refractivity contribution in [3.05, 3.63) is 59.8 Å². The first-order valence-corrected chi connectivity index (χ1v) is 8.37. The monoisotopic (exact) mass is 290 g/mol. The van der Waals surface area contributed by atoms with Crippen LogP contribution < -0.4 is 0 Å². The Morgan fingerprint density at radius 3 is 2.50 bits per heavy atom. The Hall–Kier alpha value is -2.09. The van der Waals surface area contributed by atoms with Gasteiger partial charge in [-0.3, -0.25) is 0 Å². The number of para-hydroxylation sites is 1. The van der Waals surface area contributed by atoms with E-state index in [4.69, 9.17) is 5.10 Å². The zero-order valence-corrected chi connectivity index (χ0v) is 13.1. The van der Waals surface area contributed by atoms with Crippen LogP contribution in [0.25, 0.3) is 16.6 Å². The van der Waals surface area contributed by atoms with Crippen LogP contribution in [0.2, 0.25) is 0 Å². The molecule has 0 spiro atoms. The topological polar surface area (TPSA) is 17.8 Å². The Morgan fingerprint density at radius 1 is 0.955 bits per heavy atom. The Labute approximate surface area is 131 Å². The molecular formula is C20H22N2. The van der Waals surface area contributed by atoms with Gasteiger partial charge in [-0.2, -0.15) is 5.10 Å². The van der Waals surface area contributed by atoms with E-state index in [1.54, 1.807) is 0 Å². The van der Waals surface area contributed by atoms with Gasteiger partial charge in [-0.1, -0.05) is 49.6 Å². The Bertz CT molecular complexity index is 780. The summed E-state index contributed by atoms with van der Waals surface area (Å²) in [4.78, 5) is 0. The highest BCUT2D eigenvalue weighted by atomic mass is 15.3. The quantitative estimate of drug-likeness (QED) is 0.619. The van der Waals surface area contributed by atoms with Gasteiger partial charge in [0.15, 0.2) is 0 Å². The lowest BCUT2D eigenvalue weighted by Crippen LogP contribution is -2.06. The number of fused-ring (bicyclic) bond motifs is 1. The molecule has 1 heterocycles. The average Bonchev–Trinajstić information content (AvgIpc) is 2.95. The molecule has 0 saturated heterocycles. The second-order valence-corrected chi connectivity index (χ2v) is 6.49. The molecule has 1 aliphatic carbocycles. The minimum Gasteiger partial charge on any atom is -0.233 e. The van der Waals surface area contributed by atoms with E-state index in [1.807, 2.05) is 0 Å². The normalized spacial score (nSPS) is 16.2. The standard InChI is InChI=1S/C20H22N2/c1-15-12-13-18-19(14-15)22(17-10-6-3-7-11-17)21-20(18)16-8-4-2-5-9-16/h3,6-7,10-14,16H,2,4-5,8-9H2,1H3. The number of aromatic nitrogens is 2. The van der Waals surface area contributed by atoms with Crippen LogP contribution in [0.4, 0.5) is 0 Å². The second kappa shape index (κ2) is 5.60. The molecule has 3 aromatic rings. The van der Waals surface area contributed by atoms with Gasteiger partial charge in [0.1, 0.15) is 0 Å². The molecule has 0 amide bonds. The summed E-state index contributed by atoms with van der Waals surface area (Å²) in [5.74, 6) is 0.629. The molecule has 0 atom stereocenters. The maximum atomic E-state index is 5.04. The predicted octanol–water partition coefficient (Wildman–Crippen LogP) is 5.38. The Morgan fingerprint density at radius 2 is 1.73 bits per heavy atom. The van der Waals surface area contributed by atoms with Crippen molar-refractivity contribution in [1.82, 2.24) is 9.78 Å². The van der Waals surface area contributed by atoms with Crippen LogP contribution in [0.5, 0.6) is 0 Å². The Kier molecular flexibility index (Phi) is 3.45. The van der Waals surface area contributed by atoms with E-state index in [2.05, 4.69) is 60.1 Å². The number of benzene rings is 2. The summed E-state index contributed by atoms with van der Waals surface area (Å²) in [6.07, 6.45) is 6.64. The maximum absolute atomic E-state index is 5.04. The van der Waals surface area contributed by atoms with E-state index in [0.717, 1.165) is 5.69 Å². The molecule has 0 aliphatic heterocycles. The molecule has 1 aromatic heterocycles. The molecule has 1 aliphatic rings. The number of hydrogen-bond donors (Lipinski definition) is 0. The molecule has 2 nitrogen and oxygen atoms in total. The van der Waals surface area contributed by atoms with Crippen LogP contribution in [0, 0.1) is 6.92 Å². The van der Waals surface area contributed by atoms with E-state index < -0.39 is 0 Å². The van der Waals surface area contributed by atoms with E-state index in [0.29, 0.717) is 5.92 Å². The summed E-state index contributed by atoms with van der Waals surface area (Å²) in [5.41, 5.74) is 4.99. The van der Waals surface area contributed by atoms with Crippen molar-refractivity contribution in [2.75, 3.05) is 0 Å². The molecule has 0 bridgehead atoms. The van der Waals surface area contributed by atoms with Gasteiger partial charge < -0.3 is 0 Å². The van der Waals surface area contributed by atoms with Crippen LogP contribution in [0.15, 0.2) is 48.5 Å². The average molecular weight is 290 g/mol. The molecule has 0 N–H and O–H groups in total. The zero-order valence-electron chi connectivity index (χ0n) is 13.1. The smallest absolute Gasteiger partial charge is 0.0746 e. The summed E-state index contributed by atoms with van der Waals surface area (Å²) in [5, 5.41) is 6.38. The van der Waals surface area contributed by atoms with Crippen molar-refractivity contribution in [3.63, 3.8) is 0 Å². The van der Waals surface area contributed by atoms with Gasteiger partial charge in [0.25, 0.3) is 0 Å². The molecular weight excluding hydrogens is 268 g/mol.